The van der Waals surface area contributed by atoms with Crippen LogP contribution in [0.1, 0.15) is 36.1 Å². The molecule has 0 aromatic heterocycles. The molecule has 0 saturated carbocycles. The second-order valence-electron chi connectivity index (χ2n) is 6.46. The monoisotopic (exact) mass is 376 g/mol. The summed E-state index contributed by atoms with van der Waals surface area (Å²) in [6.45, 7) is 7.81. The lowest BCUT2D eigenvalue weighted by Gasteiger charge is -2.14. The van der Waals surface area contributed by atoms with Gasteiger partial charge in [0.05, 0.1) is 7.11 Å². The maximum absolute atomic E-state index is 11.9. The third-order valence-corrected chi connectivity index (χ3v) is 4.31. The van der Waals surface area contributed by atoms with E-state index in [4.69, 9.17) is 11.2 Å². The van der Waals surface area contributed by atoms with E-state index in [2.05, 4.69) is 16.7 Å². The van der Waals surface area contributed by atoms with Gasteiger partial charge in [0, 0.05) is 5.56 Å². The van der Waals surface area contributed by atoms with E-state index in [-0.39, 0.29) is 11.3 Å². The molecule has 0 amide bonds. The van der Waals surface area contributed by atoms with E-state index in [9.17, 15) is 9.90 Å². The van der Waals surface area contributed by atoms with Crippen molar-refractivity contribution in [2.45, 2.75) is 27.7 Å². The van der Waals surface area contributed by atoms with E-state index in [1.807, 2.05) is 52.0 Å². The number of aliphatic hydroxyl groups excluding tert-OH is 1. The normalized spacial score (nSPS) is 12.1. The van der Waals surface area contributed by atoms with Crippen LogP contribution in [0.15, 0.2) is 48.0 Å². The van der Waals surface area contributed by atoms with Gasteiger partial charge in [0.15, 0.2) is 5.57 Å². The van der Waals surface area contributed by atoms with Crippen molar-refractivity contribution in [3.63, 3.8) is 0 Å². The molecule has 0 heterocycles. The van der Waals surface area contributed by atoms with Crippen molar-refractivity contribution >= 4 is 17.3 Å². The Morgan fingerprint density at radius 2 is 1.71 bits per heavy atom. The number of rotatable bonds is 5. The van der Waals surface area contributed by atoms with Gasteiger partial charge in [-0.1, -0.05) is 18.1 Å². The first-order chi connectivity index (χ1) is 13.3. The van der Waals surface area contributed by atoms with Crippen molar-refractivity contribution in [3.05, 3.63) is 70.3 Å². The number of methoxy groups -OCH3 is 1. The Morgan fingerprint density at radius 1 is 1.07 bits per heavy atom. The third kappa shape index (κ3) is 4.63. The summed E-state index contributed by atoms with van der Waals surface area (Å²) in [5.41, 5.74) is 4.02. The second-order valence-corrected chi connectivity index (χ2v) is 6.46. The summed E-state index contributed by atoms with van der Waals surface area (Å²) in [6.07, 6.45) is 7.30. The number of hydrogen-bond donors (Lipinski definition) is 1. The minimum atomic E-state index is -0.764. The molecular weight excluding hydrogens is 352 g/mol. The second kappa shape index (κ2) is 8.96. The average Bonchev–Trinajstić information content (AvgIpc) is 2.66. The highest BCUT2D eigenvalue weighted by molar-refractivity contribution is 6.01. The molecule has 0 aliphatic heterocycles. The summed E-state index contributed by atoms with van der Waals surface area (Å²) in [6, 6.07) is 11.2. The van der Waals surface area contributed by atoms with E-state index in [0.717, 1.165) is 22.4 Å². The minimum absolute atomic E-state index is 0.226. The lowest BCUT2D eigenvalue weighted by molar-refractivity contribution is -0.135. The summed E-state index contributed by atoms with van der Waals surface area (Å²) in [7, 11) is 1.21. The average molecular weight is 376 g/mol. The Kier molecular flexibility index (Phi) is 6.68. The molecule has 0 fully saturated rings. The number of allylic oxidation sites excluding steroid dienone is 2. The predicted octanol–water partition coefficient (Wildman–Crippen LogP) is 5.59. The molecule has 0 atom stereocenters. The molecule has 0 saturated heterocycles. The highest BCUT2D eigenvalue weighted by atomic mass is 16.5. The topological polar surface area (TPSA) is 55.8 Å². The van der Waals surface area contributed by atoms with Gasteiger partial charge in [-0.25, -0.2) is 4.79 Å². The van der Waals surface area contributed by atoms with Gasteiger partial charge in [-0.3, -0.25) is 0 Å². The van der Waals surface area contributed by atoms with Crippen molar-refractivity contribution in [2.24, 2.45) is 0 Å². The lowest BCUT2D eigenvalue weighted by atomic mass is 9.97. The molecule has 4 nitrogen and oxygen atoms in total. The lowest BCUT2D eigenvalue weighted by Crippen LogP contribution is -2.07. The van der Waals surface area contributed by atoms with Gasteiger partial charge in [0.2, 0.25) is 0 Å². The van der Waals surface area contributed by atoms with Crippen LogP contribution < -0.4 is 4.74 Å². The number of ether oxygens (including phenoxy) is 2. The smallest absolute Gasteiger partial charge is 0.350 e. The number of aliphatic hydroxyl groups is 1. The fraction of sp³-hybridized carbons (Fsp3) is 0.208. The van der Waals surface area contributed by atoms with Crippen LogP contribution in [0.5, 0.6) is 11.5 Å². The largest absolute Gasteiger partial charge is 0.506 e. The van der Waals surface area contributed by atoms with Crippen LogP contribution >= 0.6 is 0 Å². The Labute approximate surface area is 166 Å². The summed E-state index contributed by atoms with van der Waals surface area (Å²) in [4.78, 5) is 11.9. The fourth-order valence-electron chi connectivity index (χ4n) is 2.86. The summed E-state index contributed by atoms with van der Waals surface area (Å²) < 4.78 is 10.7. The molecule has 0 spiro atoms. The molecule has 28 heavy (non-hydrogen) atoms. The summed E-state index contributed by atoms with van der Waals surface area (Å²) in [5.74, 6) is 2.48. The van der Waals surface area contributed by atoms with Crippen LogP contribution in [0.2, 0.25) is 0 Å². The standard InChI is InChI=1S/C24H24O4/c1-7-17(5)22-14-18(28-19-12-15(3)11-16(4)13-19)9-10-21(22)23(25)20(8-2)24(26)27-6/h2,7,9-14,25H,1,3-6H3/b17-7-,23-20-. The molecule has 0 aliphatic rings. The van der Waals surface area contributed by atoms with Crippen LogP contribution in [0, 0.1) is 26.2 Å². The Bertz CT molecular complexity index is 984. The van der Waals surface area contributed by atoms with E-state index >= 15 is 0 Å². The van der Waals surface area contributed by atoms with Crippen LogP contribution in [0.3, 0.4) is 0 Å². The number of carbonyl (C=O) groups is 1. The number of aryl methyl sites for hydroxylation is 2. The zero-order valence-electron chi connectivity index (χ0n) is 16.8. The Balaban J connectivity index is 2.57. The molecule has 4 heteroatoms. The molecule has 2 rings (SSSR count). The van der Waals surface area contributed by atoms with Gasteiger partial charge < -0.3 is 14.6 Å². The SMILES string of the molecule is C#C/C(C(=O)OC)=C(/O)c1ccc(Oc2cc(C)cc(C)c2)cc1/C(C)=C\C. The van der Waals surface area contributed by atoms with Crippen molar-refractivity contribution in [2.75, 3.05) is 7.11 Å². The van der Waals surface area contributed by atoms with Gasteiger partial charge in [-0.15, -0.1) is 6.42 Å². The molecule has 2 aromatic rings. The minimum Gasteiger partial charge on any atom is -0.506 e. The Hall–Kier alpha value is -3.45. The maximum atomic E-state index is 11.9. The predicted molar refractivity (Wildman–Crippen MR) is 112 cm³/mol. The Morgan fingerprint density at radius 3 is 2.25 bits per heavy atom. The molecule has 0 radical (unpaired) electrons. The number of hydrogen-bond acceptors (Lipinski definition) is 4. The molecule has 0 bridgehead atoms. The quantitative estimate of drug-likeness (QED) is 0.320. The highest BCUT2D eigenvalue weighted by Crippen LogP contribution is 2.32. The highest BCUT2D eigenvalue weighted by Gasteiger charge is 2.19. The zero-order valence-corrected chi connectivity index (χ0v) is 16.8. The first kappa shape index (κ1) is 20.9. The zero-order chi connectivity index (χ0) is 20.8. The van der Waals surface area contributed by atoms with Gasteiger partial charge in [-0.2, -0.15) is 0 Å². The number of carbonyl (C=O) groups excluding carboxylic acids is 1. The van der Waals surface area contributed by atoms with Gasteiger partial charge >= 0.3 is 5.97 Å². The fourth-order valence-corrected chi connectivity index (χ4v) is 2.86. The summed E-state index contributed by atoms with van der Waals surface area (Å²) in [5, 5.41) is 10.6. The van der Waals surface area contributed by atoms with Crippen molar-refractivity contribution in [1.82, 2.24) is 0 Å². The van der Waals surface area contributed by atoms with Crippen LogP contribution in [0.4, 0.5) is 0 Å². The van der Waals surface area contributed by atoms with Crippen molar-refractivity contribution < 1.29 is 19.4 Å². The first-order valence-electron chi connectivity index (χ1n) is 8.82. The van der Waals surface area contributed by atoms with E-state index in [1.165, 1.54) is 7.11 Å². The third-order valence-electron chi connectivity index (χ3n) is 4.31. The molecule has 144 valence electrons. The van der Waals surface area contributed by atoms with E-state index in [0.29, 0.717) is 16.9 Å². The van der Waals surface area contributed by atoms with E-state index in [1.54, 1.807) is 12.1 Å². The molecular formula is C24H24O4. The molecule has 2 aromatic carbocycles. The van der Waals surface area contributed by atoms with Gasteiger partial charge in [0.1, 0.15) is 17.3 Å². The van der Waals surface area contributed by atoms with Crippen molar-refractivity contribution in [3.8, 4) is 23.8 Å². The van der Waals surface area contributed by atoms with Crippen molar-refractivity contribution in [1.29, 1.82) is 0 Å². The summed E-state index contributed by atoms with van der Waals surface area (Å²) >= 11 is 0. The van der Waals surface area contributed by atoms with Crippen LogP contribution in [-0.2, 0) is 9.53 Å². The maximum Gasteiger partial charge on any atom is 0.350 e. The van der Waals surface area contributed by atoms with Crippen LogP contribution in [-0.4, -0.2) is 18.2 Å². The molecule has 0 aliphatic carbocycles. The van der Waals surface area contributed by atoms with Gasteiger partial charge in [0.25, 0.3) is 0 Å². The number of benzene rings is 2. The van der Waals surface area contributed by atoms with Crippen LogP contribution in [0.25, 0.3) is 11.3 Å². The van der Waals surface area contributed by atoms with Gasteiger partial charge in [-0.05, 0) is 80.3 Å². The molecule has 1 N–H and O–H groups in total. The van der Waals surface area contributed by atoms with E-state index < -0.39 is 5.97 Å². The number of terminal acetylenes is 1. The number of esters is 1. The molecule has 0 unspecified atom stereocenters. The first-order valence-corrected chi connectivity index (χ1v) is 8.82.